The molecule has 1 N–H and O–H groups in total. The van der Waals surface area contributed by atoms with Crippen LogP contribution < -0.4 is 4.74 Å². The van der Waals surface area contributed by atoms with Crippen LogP contribution in [0.15, 0.2) is 18.3 Å². The highest BCUT2D eigenvalue weighted by Gasteiger charge is 2.37. The van der Waals surface area contributed by atoms with Crippen molar-refractivity contribution < 1.29 is 19.4 Å². The highest BCUT2D eigenvalue weighted by Crippen LogP contribution is 2.33. The summed E-state index contributed by atoms with van der Waals surface area (Å²) in [5.74, 6) is 0.420. The zero-order valence-electron chi connectivity index (χ0n) is 18.7. The molecule has 3 aliphatic rings. The summed E-state index contributed by atoms with van der Waals surface area (Å²) in [4.78, 5) is 34.0. The normalized spacial score (nSPS) is 24.6. The average Bonchev–Trinajstić information content (AvgIpc) is 3.48. The smallest absolute Gasteiger partial charge is 0.259 e. The number of fused-ring (bicyclic) bond motifs is 1. The Bertz CT molecular complexity index is 880. The van der Waals surface area contributed by atoms with E-state index in [0.717, 1.165) is 37.7 Å². The summed E-state index contributed by atoms with van der Waals surface area (Å²) in [7, 11) is 1.82. The van der Waals surface area contributed by atoms with E-state index in [1.165, 1.54) is 5.57 Å². The number of aromatic nitrogens is 1. The summed E-state index contributed by atoms with van der Waals surface area (Å²) >= 11 is 0. The minimum atomic E-state index is -0.318. The van der Waals surface area contributed by atoms with Gasteiger partial charge in [0, 0.05) is 31.6 Å². The first kappa shape index (κ1) is 21.8. The molecule has 168 valence electrons. The van der Waals surface area contributed by atoms with E-state index >= 15 is 0 Å². The van der Waals surface area contributed by atoms with Crippen LogP contribution >= 0.6 is 0 Å². The Morgan fingerprint density at radius 2 is 2.19 bits per heavy atom. The lowest BCUT2D eigenvalue weighted by atomic mass is 9.99. The van der Waals surface area contributed by atoms with E-state index in [9.17, 15) is 14.7 Å². The number of nitrogens with zero attached hydrogens (tertiary/aromatic N) is 3. The van der Waals surface area contributed by atoms with Crippen LogP contribution in [0.3, 0.4) is 0 Å². The van der Waals surface area contributed by atoms with E-state index in [2.05, 4.69) is 11.1 Å². The number of ether oxygens (including phenoxy) is 1. The maximum atomic E-state index is 13.4. The standard InChI is InChI=1S/C24H33N3O4/c1-15-12-27(16(2)14-28)24(30)20-10-19(17-6-4-5-7-17)11-25-22(20)31-21(15)13-26(3)23(29)18-8-9-18/h6,10-11,15-16,18,21,28H,4-5,7-9,12-14H2,1-3H3/t15-,16+,21-/m0/s1. The van der Waals surface area contributed by atoms with Gasteiger partial charge in [-0.05, 0) is 56.2 Å². The van der Waals surface area contributed by atoms with Crippen molar-refractivity contribution in [3.63, 3.8) is 0 Å². The predicted molar refractivity (Wildman–Crippen MR) is 118 cm³/mol. The van der Waals surface area contributed by atoms with Crippen molar-refractivity contribution in [1.29, 1.82) is 0 Å². The van der Waals surface area contributed by atoms with Crippen LogP contribution in [0.2, 0.25) is 0 Å². The molecule has 0 aromatic carbocycles. The second-order valence-electron chi connectivity index (χ2n) is 9.31. The second kappa shape index (κ2) is 8.99. The summed E-state index contributed by atoms with van der Waals surface area (Å²) in [5, 5.41) is 9.78. The Morgan fingerprint density at radius 1 is 1.42 bits per heavy atom. The lowest BCUT2D eigenvalue weighted by Gasteiger charge is -2.37. The van der Waals surface area contributed by atoms with Gasteiger partial charge < -0.3 is 19.6 Å². The summed E-state index contributed by atoms with van der Waals surface area (Å²) in [6.45, 7) is 4.65. The maximum Gasteiger partial charge on any atom is 0.259 e. The minimum absolute atomic E-state index is 0.0282. The SMILES string of the molecule is C[C@H](CO)N1C[C@H](C)[C@H](CN(C)C(=O)C2CC2)Oc2ncc(C3=CCCC3)cc2C1=O. The molecule has 0 spiro atoms. The molecule has 7 nitrogen and oxygen atoms in total. The second-order valence-corrected chi connectivity index (χ2v) is 9.31. The van der Waals surface area contributed by atoms with Gasteiger partial charge in [0.05, 0.1) is 19.2 Å². The van der Waals surface area contributed by atoms with Gasteiger partial charge in [0.15, 0.2) is 0 Å². The number of carbonyl (C=O) groups is 2. The molecule has 2 aliphatic carbocycles. The number of rotatable bonds is 6. The van der Waals surface area contributed by atoms with Crippen molar-refractivity contribution in [2.24, 2.45) is 11.8 Å². The molecule has 7 heteroatoms. The molecule has 31 heavy (non-hydrogen) atoms. The van der Waals surface area contributed by atoms with Crippen LogP contribution in [0.25, 0.3) is 5.57 Å². The van der Waals surface area contributed by atoms with Crippen molar-refractivity contribution >= 4 is 17.4 Å². The number of amides is 2. The third-order valence-electron chi connectivity index (χ3n) is 6.69. The van der Waals surface area contributed by atoms with Crippen molar-refractivity contribution in [2.45, 2.75) is 58.1 Å². The predicted octanol–water partition coefficient (Wildman–Crippen LogP) is 2.74. The molecule has 2 heterocycles. The van der Waals surface area contributed by atoms with Gasteiger partial charge in [-0.3, -0.25) is 9.59 Å². The summed E-state index contributed by atoms with van der Waals surface area (Å²) < 4.78 is 6.29. The van der Waals surface area contributed by atoms with Gasteiger partial charge >= 0.3 is 0 Å². The molecule has 0 unspecified atom stereocenters. The van der Waals surface area contributed by atoms with E-state index in [1.54, 1.807) is 16.0 Å². The quantitative estimate of drug-likeness (QED) is 0.755. The van der Waals surface area contributed by atoms with Crippen molar-refractivity contribution in [3.05, 3.63) is 29.5 Å². The molecule has 4 rings (SSSR count). The molecule has 3 atom stereocenters. The van der Waals surface area contributed by atoms with E-state index in [-0.39, 0.29) is 42.4 Å². The van der Waals surface area contributed by atoms with E-state index in [0.29, 0.717) is 24.5 Å². The Labute approximate surface area is 184 Å². The van der Waals surface area contributed by atoms with Crippen molar-refractivity contribution in [1.82, 2.24) is 14.8 Å². The number of allylic oxidation sites excluding steroid dienone is 2. The molecule has 1 saturated carbocycles. The summed E-state index contributed by atoms with van der Waals surface area (Å²) in [6.07, 6.45) is 8.77. The number of hydrogen-bond acceptors (Lipinski definition) is 5. The van der Waals surface area contributed by atoms with Crippen LogP contribution in [-0.4, -0.2) is 70.6 Å². The molecular weight excluding hydrogens is 394 g/mol. The fraction of sp³-hybridized carbons (Fsp3) is 0.625. The summed E-state index contributed by atoms with van der Waals surface area (Å²) in [5.41, 5.74) is 2.60. The van der Waals surface area contributed by atoms with Crippen LogP contribution in [0.1, 0.15) is 61.9 Å². The van der Waals surface area contributed by atoms with Gasteiger partial charge in [-0.25, -0.2) is 4.98 Å². The molecule has 0 radical (unpaired) electrons. The van der Waals surface area contributed by atoms with Crippen molar-refractivity contribution in [2.75, 3.05) is 26.7 Å². The zero-order valence-corrected chi connectivity index (χ0v) is 18.7. The molecular formula is C24H33N3O4. The highest BCUT2D eigenvalue weighted by molar-refractivity contribution is 5.97. The van der Waals surface area contributed by atoms with Crippen molar-refractivity contribution in [3.8, 4) is 5.88 Å². The molecule has 1 fully saturated rings. The number of aliphatic hydroxyl groups is 1. The van der Waals surface area contributed by atoms with Crippen LogP contribution in [0.4, 0.5) is 0 Å². The van der Waals surface area contributed by atoms with Gasteiger partial charge in [0.1, 0.15) is 11.7 Å². The Kier molecular flexibility index (Phi) is 6.32. The van der Waals surface area contributed by atoms with Gasteiger partial charge in [0.2, 0.25) is 11.8 Å². The minimum Gasteiger partial charge on any atom is -0.472 e. The fourth-order valence-corrected chi connectivity index (χ4v) is 4.43. The molecule has 1 aromatic heterocycles. The van der Waals surface area contributed by atoms with E-state index in [4.69, 9.17) is 4.74 Å². The molecule has 0 saturated heterocycles. The van der Waals surface area contributed by atoms with Gasteiger partial charge in [-0.15, -0.1) is 0 Å². The zero-order chi connectivity index (χ0) is 22.1. The largest absolute Gasteiger partial charge is 0.472 e. The van der Waals surface area contributed by atoms with Crippen LogP contribution in [0, 0.1) is 11.8 Å². The summed E-state index contributed by atoms with van der Waals surface area (Å²) in [6, 6.07) is 1.56. The number of carbonyl (C=O) groups excluding carboxylic acids is 2. The lowest BCUT2D eigenvalue weighted by molar-refractivity contribution is -0.132. The van der Waals surface area contributed by atoms with E-state index < -0.39 is 0 Å². The number of aliphatic hydroxyl groups excluding tert-OH is 1. The first-order valence-electron chi connectivity index (χ1n) is 11.4. The number of likely N-dealkylation sites (N-methyl/N-ethyl adjacent to an activating group) is 1. The Morgan fingerprint density at radius 3 is 2.84 bits per heavy atom. The van der Waals surface area contributed by atoms with Gasteiger partial charge in [-0.1, -0.05) is 13.0 Å². The maximum absolute atomic E-state index is 13.4. The fourth-order valence-electron chi connectivity index (χ4n) is 4.43. The first-order chi connectivity index (χ1) is 14.9. The van der Waals surface area contributed by atoms with Crippen LogP contribution in [-0.2, 0) is 4.79 Å². The molecule has 0 bridgehead atoms. The molecule has 1 aliphatic heterocycles. The van der Waals surface area contributed by atoms with E-state index in [1.807, 2.05) is 27.0 Å². The van der Waals surface area contributed by atoms with Gasteiger partial charge in [0.25, 0.3) is 5.91 Å². The lowest BCUT2D eigenvalue weighted by Crippen LogP contribution is -2.50. The van der Waals surface area contributed by atoms with Gasteiger partial charge in [-0.2, -0.15) is 0 Å². The number of pyridine rings is 1. The molecule has 1 aromatic rings. The first-order valence-corrected chi connectivity index (χ1v) is 11.4. The van der Waals surface area contributed by atoms with Crippen LogP contribution in [0.5, 0.6) is 5.88 Å². The third-order valence-corrected chi connectivity index (χ3v) is 6.69. The number of hydrogen-bond donors (Lipinski definition) is 1. The average molecular weight is 428 g/mol. The third kappa shape index (κ3) is 4.61. The molecule has 2 amide bonds. The highest BCUT2D eigenvalue weighted by atomic mass is 16.5. The monoisotopic (exact) mass is 427 g/mol. The Balaban J connectivity index is 1.66. The Hall–Kier alpha value is -2.41. The topological polar surface area (TPSA) is 83.0 Å².